The van der Waals surface area contributed by atoms with Crippen LogP contribution in [-0.4, -0.2) is 33.3 Å². The van der Waals surface area contributed by atoms with Gasteiger partial charge in [-0.1, -0.05) is 53.5 Å². The van der Waals surface area contributed by atoms with E-state index in [-0.39, 0.29) is 0 Å². The normalized spacial score (nSPS) is 13.7. The van der Waals surface area contributed by atoms with Gasteiger partial charge < -0.3 is 9.67 Å². The van der Waals surface area contributed by atoms with Crippen molar-refractivity contribution in [2.24, 2.45) is 7.05 Å². The Balaban J connectivity index is 1.79. The molecule has 1 unspecified atom stereocenters. The number of hydrogen-bond acceptors (Lipinski definition) is 4. The minimum atomic E-state index is -3.65. The van der Waals surface area contributed by atoms with Gasteiger partial charge in [0.05, 0.1) is 35.7 Å². The van der Waals surface area contributed by atoms with Crippen molar-refractivity contribution < 1.29 is 13.5 Å². The highest BCUT2D eigenvalue weighted by molar-refractivity contribution is 7.89. The number of aliphatic hydroxyl groups is 1. The van der Waals surface area contributed by atoms with Crippen LogP contribution in [0.15, 0.2) is 85.3 Å². The zero-order chi connectivity index (χ0) is 25.0. The smallest absolute Gasteiger partial charge is 0.236 e. The van der Waals surface area contributed by atoms with E-state index in [4.69, 9.17) is 23.2 Å². The van der Waals surface area contributed by atoms with Crippen LogP contribution in [0.4, 0.5) is 0 Å². The maximum absolute atomic E-state index is 12.8. The van der Waals surface area contributed by atoms with Gasteiger partial charge >= 0.3 is 0 Å². The Bertz CT molecular complexity index is 1670. The first-order valence-electron chi connectivity index (χ1n) is 10.7. The molecule has 0 aliphatic carbocycles. The lowest BCUT2D eigenvalue weighted by molar-refractivity contribution is 0.117. The quantitative estimate of drug-likeness (QED) is 0.331. The molecule has 0 amide bonds. The molecule has 6 nitrogen and oxygen atoms in total. The van der Waals surface area contributed by atoms with E-state index >= 15 is 0 Å². The molecule has 178 valence electrons. The van der Waals surface area contributed by atoms with Gasteiger partial charge in [-0.05, 0) is 53.6 Å². The Labute approximate surface area is 213 Å². The number of benzene rings is 3. The van der Waals surface area contributed by atoms with E-state index in [1.165, 1.54) is 3.97 Å². The number of halogens is 2. The SMILES string of the molecule is Cn1cncc1C(O)(c1ccc(Cl)cc1)c1ccc2c(c1)cc(-c1cccc(Cl)c1)n2S(C)(=O)=O. The largest absolute Gasteiger partial charge is 0.374 e. The number of imidazole rings is 1. The zero-order valence-corrected chi connectivity index (χ0v) is 21.2. The summed E-state index contributed by atoms with van der Waals surface area (Å²) in [5.41, 5.74) is 1.79. The minimum Gasteiger partial charge on any atom is -0.374 e. The summed E-state index contributed by atoms with van der Waals surface area (Å²) in [6.07, 6.45) is 4.39. The molecular formula is C26H21Cl2N3O3S. The van der Waals surface area contributed by atoms with Crippen LogP contribution in [0.3, 0.4) is 0 Å². The molecule has 2 heterocycles. The summed E-state index contributed by atoms with van der Waals surface area (Å²) >= 11 is 12.3. The summed E-state index contributed by atoms with van der Waals surface area (Å²) in [5, 5.41) is 13.9. The van der Waals surface area contributed by atoms with E-state index in [9.17, 15) is 13.5 Å². The Morgan fingerprint density at radius 3 is 2.26 bits per heavy atom. The second-order valence-electron chi connectivity index (χ2n) is 8.45. The first-order valence-corrected chi connectivity index (χ1v) is 13.3. The molecule has 0 saturated carbocycles. The van der Waals surface area contributed by atoms with E-state index in [2.05, 4.69) is 4.98 Å². The first-order chi connectivity index (χ1) is 16.6. The van der Waals surface area contributed by atoms with Crippen molar-refractivity contribution in [3.05, 3.63) is 112 Å². The van der Waals surface area contributed by atoms with Crippen molar-refractivity contribution in [2.45, 2.75) is 5.60 Å². The molecule has 0 saturated heterocycles. The molecule has 0 bridgehead atoms. The molecule has 35 heavy (non-hydrogen) atoms. The molecule has 5 aromatic rings. The molecule has 3 aromatic carbocycles. The summed E-state index contributed by atoms with van der Waals surface area (Å²) in [6.45, 7) is 0. The first kappa shape index (κ1) is 23.6. The van der Waals surface area contributed by atoms with Crippen LogP contribution in [0.1, 0.15) is 16.8 Å². The Morgan fingerprint density at radius 1 is 0.914 bits per heavy atom. The fourth-order valence-corrected chi connectivity index (χ4v) is 5.84. The van der Waals surface area contributed by atoms with Crippen LogP contribution in [0.25, 0.3) is 22.2 Å². The standard InChI is InChI=1S/C26H21Cl2N3O3S/c1-30-16-29-15-25(30)26(32,19-6-9-21(27)10-7-19)20-8-11-23-18(12-20)14-24(31(23)35(2,33)34)17-4-3-5-22(28)13-17/h3-16,32H,1-2H3. The van der Waals surface area contributed by atoms with Gasteiger partial charge in [-0.15, -0.1) is 0 Å². The van der Waals surface area contributed by atoms with Crippen molar-refractivity contribution in [3.63, 3.8) is 0 Å². The van der Waals surface area contributed by atoms with E-state index in [1.807, 2.05) is 6.07 Å². The molecule has 1 N–H and O–H groups in total. The average Bonchev–Trinajstić information content (AvgIpc) is 3.42. The van der Waals surface area contributed by atoms with Crippen molar-refractivity contribution >= 4 is 44.1 Å². The summed E-state index contributed by atoms with van der Waals surface area (Å²) in [5.74, 6) is 0. The van der Waals surface area contributed by atoms with Gasteiger partial charge in [0, 0.05) is 28.0 Å². The second-order valence-corrected chi connectivity index (χ2v) is 11.2. The van der Waals surface area contributed by atoms with Crippen LogP contribution < -0.4 is 0 Å². The lowest BCUT2D eigenvalue weighted by Gasteiger charge is -2.30. The summed E-state index contributed by atoms with van der Waals surface area (Å²) in [6, 6.07) is 21.0. The molecule has 0 fully saturated rings. The van der Waals surface area contributed by atoms with Gasteiger partial charge in [-0.2, -0.15) is 0 Å². The minimum absolute atomic E-state index is 0.484. The number of aromatic nitrogens is 3. The van der Waals surface area contributed by atoms with Gasteiger partial charge in [0.15, 0.2) is 5.60 Å². The summed E-state index contributed by atoms with van der Waals surface area (Å²) in [4.78, 5) is 4.20. The van der Waals surface area contributed by atoms with Crippen LogP contribution >= 0.6 is 23.2 Å². The average molecular weight is 526 g/mol. The monoisotopic (exact) mass is 525 g/mol. The van der Waals surface area contributed by atoms with Crippen molar-refractivity contribution in [3.8, 4) is 11.3 Å². The van der Waals surface area contributed by atoms with Gasteiger partial charge in [0.25, 0.3) is 0 Å². The van der Waals surface area contributed by atoms with Crippen molar-refractivity contribution in [1.82, 2.24) is 13.5 Å². The van der Waals surface area contributed by atoms with E-state index in [0.717, 1.165) is 6.26 Å². The fraction of sp³-hybridized carbons (Fsp3) is 0.115. The molecule has 2 aromatic heterocycles. The van der Waals surface area contributed by atoms with Crippen LogP contribution in [0, 0.1) is 0 Å². The van der Waals surface area contributed by atoms with Gasteiger partial charge in [0.2, 0.25) is 10.0 Å². The number of rotatable bonds is 5. The molecular weight excluding hydrogens is 505 g/mol. The van der Waals surface area contributed by atoms with E-state index in [0.29, 0.717) is 49.0 Å². The van der Waals surface area contributed by atoms with E-state index < -0.39 is 15.6 Å². The predicted molar refractivity (Wildman–Crippen MR) is 139 cm³/mol. The maximum atomic E-state index is 12.8. The summed E-state index contributed by atoms with van der Waals surface area (Å²) < 4.78 is 28.7. The third-order valence-electron chi connectivity index (χ3n) is 6.08. The zero-order valence-electron chi connectivity index (χ0n) is 18.9. The Hall–Kier alpha value is -3.10. The van der Waals surface area contributed by atoms with Crippen molar-refractivity contribution in [1.29, 1.82) is 0 Å². The Kier molecular flexibility index (Phi) is 5.76. The fourth-order valence-electron chi connectivity index (χ4n) is 4.48. The van der Waals surface area contributed by atoms with Gasteiger partial charge in [0.1, 0.15) is 0 Å². The second kappa shape index (κ2) is 8.53. The maximum Gasteiger partial charge on any atom is 0.236 e. The lowest BCUT2D eigenvalue weighted by Crippen LogP contribution is -2.31. The van der Waals surface area contributed by atoms with Gasteiger partial charge in [-0.25, -0.2) is 17.4 Å². The topological polar surface area (TPSA) is 77.1 Å². The van der Waals surface area contributed by atoms with Gasteiger partial charge in [-0.3, -0.25) is 0 Å². The third kappa shape index (κ3) is 4.04. The van der Waals surface area contributed by atoms with Crippen LogP contribution in [0.5, 0.6) is 0 Å². The van der Waals surface area contributed by atoms with Crippen LogP contribution in [-0.2, 0) is 22.7 Å². The number of nitrogens with zero attached hydrogens (tertiary/aromatic N) is 3. The summed E-state index contributed by atoms with van der Waals surface area (Å²) in [7, 11) is -1.85. The van der Waals surface area contributed by atoms with Crippen molar-refractivity contribution in [2.75, 3.05) is 6.26 Å². The molecule has 0 aliphatic rings. The highest BCUT2D eigenvalue weighted by Crippen LogP contribution is 2.39. The highest BCUT2D eigenvalue weighted by atomic mass is 35.5. The van der Waals surface area contributed by atoms with Crippen LogP contribution in [0.2, 0.25) is 10.0 Å². The lowest BCUT2D eigenvalue weighted by atomic mass is 9.83. The highest BCUT2D eigenvalue weighted by Gasteiger charge is 2.37. The molecule has 0 spiro atoms. The Morgan fingerprint density at radius 2 is 1.63 bits per heavy atom. The number of aryl methyl sites for hydroxylation is 1. The molecule has 0 aliphatic heterocycles. The number of fused-ring (bicyclic) bond motifs is 1. The number of hydrogen-bond donors (Lipinski definition) is 1. The molecule has 9 heteroatoms. The van der Waals surface area contributed by atoms with E-state index in [1.54, 1.807) is 90.9 Å². The predicted octanol–water partition coefficient (Wildman–Crippen LogP) is 5.44. The molecule has 5 rings (SSSR count). The molecule has 0 radical (unpaired) electrons. The molecule has 1 atom stereocenters. The third-order valence-corrected chi connectivity index (χ3v) is 7.62.